The molecule has 1 aliphatic rings. The van der Waals surface area contributed by atoms with Crippen molar-refractivity contribution in [2.45, 2.75) is 51.1 Å². The second-order valence-corrected chi connectivity index (χ2v) is 8.79. The van der Waals surface area contributed by atoms with E-state index in [0.717, 1.165) is 32.1 Å². The topological polar surface area (TPSA) is 114 Å². The smallest absolute Gasteiger partial charge is 0.287 e. The molecule has 1 aliphatic carbocycles. The molecule has 0 aliphatic heterocycles. The third-order valence-corrected chi connectivity index (χ3v) is 6.25. The molecule has 3 amide bonds. The molecule has 0 bridgehead atoms. The summed E-state index contributed by atoms with van der Waals surface area (Å²) in [5.74, 6) is 0.00814. The van der Waals surface area contributed by atoms with Gasteiger partial charge >= 0.3 is 0 Å². The van der Waals surface area contributed by atoms with Crippen molar-refractivity contribution in [2.24, 2.45) is 0 Å². The van der Waals surface area contributed by atoms with E-state index in [0.29, 0.717) is 23.0 Å². The van der Waals surface area contributed by atoms with E-state index in [1.54, 1.807) is 49.4 Å². The number of hydrogen-bond donors (Lipinski definition) is 2. The first-order chi connectivity index (χ1) is 17.5. The highest BCUT2D eigenvalue weighted by Crippen LogP contribution is 2.35. The Balaban J connectivity index is 1.69. The second-order valence-electron chi connectivity index (χ2n) is 8.79. The summed E-state index contributed by atoms with van der Waals surface area (Å²) in [7, 11) is 1.49. The lowest BCUT2D eigenvalue weighted by atomic mass is 9.95. The number of ether oxygens (including phenoxy) is 1. The molecular formula is C27H31N3O6. The third-order valence-electron chi connectivity index (χ3n) is 6.25. The van der Waals surface area contributed by atoms with Gasteiger partial charge in [-0.15, -0.1) is 0 Å². The van der Waals surface area contributed by atoms with Crippen LogP contribution in [-0.4, -0.2) is 37.4 Å². The van der Waals surface area contributed by atoms with E-state index in [-0.39, 0.29) is 24.3 Å². The molecule has 9 nitrogen and oxygen atoms in total. The highest BCUT2D eigenvalue weighted by atomic mass is 16.5. The van der Waals surface area contributed by atoms with Crippen molar-refractivity contribution >= 4 is 23.4 Å². The van der Waals surface area contributed by atoms with Gasteiger partial charge in [0, 0.05) is 6.04 Å². The quantitative estimate of drug-likeness (QED) is 0.463. The van der Waals surface area contributed by atoms with Gasteiger partial charge in [0.1, 0.15) is 17.3 Å². The molecule has 1 unspecified atom stereocenters. The van der Waals surface area contributed by atoms with Crippen molar-refractivity contribution in [3.8, 4) is 5.75 Å². The molecule has 36 heavy (non-hydrogen) atoms. The fraction of sp³-hybridized carbons (Fsp3) is 0.370. The minimum atomic E-state index is -1.11. The lowest BCUT2D eigenvalue weighted by Gasteiger charge is -2.32. The molecule has 1 fully saturated rings. The van der Waals surface area contributed by atoms with Crippen LogP contribution in [0.5, 0.6) is 5.75 Å². The third kappa shape index (κ3) is 5.79. The number of aryl methyl sites for hydroxylation is 1. The molecule has 0 spiro atoms. The highest BCUT2D eigenvalue weighted by molar-refractivity contribution is 6.04. The minimum absolute atomic E-state index is 0.0260. The van der Waals surface area contributed by atoms with Crippen molar-refractivity contribution in [1.82, 2.24) is 10.6 Å². The van der Waals surface area contributed by atoms with Crippen LogP contribution in [0.15, 0.2) is 63.6 Å². The Morgan fingerprint density at radius 3 is 2.50 bits per heavy atom. The van der Waals surface area contributed by atoms with E-state index in [4.69, 9.17) is 13.6 Å². The molecule has 9 heteroatoms. The SMILES string of the molecule is COc1ccccc1N(C(=O)CNC(=O)c1ccco1)C(C(=O)NC1CCCCC1)c1ccc(C)o1. The average Bonchev–Trinajstić information content (AvgIpc) is 3.58. The predicted molar refractivity (Wildman–Crippen MR) is 133 cm³/mol. The van der Waals surface area contributed by atoms with Crippen LogP contribution in [-0.2, 0) is 9.59 Å². The summed E-state index contributed by atoms with van der Waals surface area (Å²) >= 11 is 0. The van der Waals surface area contributed by atoms with Crippen molar-refractivity contribution in [3.63, 3.8) is 0 Å². The molecule has 3 aromatic rings. The summed E-state index contributed by atoms with van der Waals surface area (Å²) in [6.07, 6.45) is 6.39. The number of rotatable bonds is 9. The summed E-state index contributed by atoms with van der Waals surface area (Å²) in [6, 6.07) is 12.4. The first-order valence-electron chi connectivity index (χ1n) is 12.1. The van der Waals surface area contributed by atoms with Gasteiger partial charge in [-0.25, -0.2) is 0 Å². The van der Waals surface area contributed by atoms with Crippen LogP contribution < -0.4 is 20.3 Å². The van der Waals surface area contributed by atoms with Crippen molar-refractivity contribution in [3.05, 3.63) is 72.1 Å². The summed E-state index contributed by atoms with van der Waals surface area (Å²) in [5, 5.41) is 5.70. The standard InChI is InChI=1S/C27H31N3O6/c1-18-14-15-22(36-18)25(27(33)29-19-9-4-3-5-10-19)30(20-11-6-7-12-21(20)34-2)24(31)17-28-26(32)23-13-8-16-35-23/h6-8,11-16,19,25H,3-5,9-10,17H2,1-2H3,(H,28,32)(H,29,33). The number of carbonyl (C=O) groups is 3. The van der Waals surface area contributed by atoms with Gasteiger partial charge in [0.05, 0.1) is 25.6 Å². The van der Waals surface area contributed by atoms with Crippen LogP contribution in [0.1, 0.15) is 60.2 Å². The number of para-hydroxylation sites is 2. The predicted octanol–water partition coefficient (Wildman–Crippen LogP) is 4.14. The van der Waals surface area contributed by atoms with Crippen LogP contribution in [0.3, 0.4) is 0 Å². The van der Waals surface area contributed by atoms with Crippen molar-refractivity contribution < 1.29 is 28.0 Å². The molecule has 190 valence electrons. The number of carbonyl (C=O) groups excluding carboxylic acids is 3. The number of nitrogens with one attached hydrogen (secondary N) is 2. The van der Waals surface area contributed by atoms with E-state index < -0.39 is 17.9 Å². The maximum atomic E-state index is 13.8. The minimum Gasteiger partial charge on any atom is -0.495 e. The van der Waals surface area contributed by atoms with Crippen LogP contribution in [0.25, 0.3) is 0 Å². The average molecular weight is 494 g/mol. The van der Waals surface area contributed by atoms with Crippen LogP contribution in [0.4, 0.5) is 5.69 Å². The normalized spacial score (nSPS) is 14.6. The van der Waals surface area contributed by atoms with E-state index in [9.17, 15) is 14.4 Å². The van der Waals surface area contributed by atoms with Crippen molar-refractivity contribution in [1.29, 1.82) is 0 Å². The molecule has 1 saturated carbocycles. The van der Waals surface area contributed by atoms with Crippen molar-refractivity contribution in [2.75, 3.05) is 18.6 Å². The summed E-state index contributed by atoms with van der Waals surface area (Å²) in [5.41, 5.74) is 0.384. The van der Waals surface area contributed by atoms with E-state index in [1.165, 1.54) is 24.3 Å². The maximum Gasteiger partial charge on any atom is 0.287 e. The largest absolute Gasteiger partial charge is 0.495 e. The lowest BCUT2D eigenvalue weighted by molar-refractivity contribution is -0.127. The van der Waals surface area contributed by atoms with Gasteiger partial charge in [0.25, 0.3) is 11.8 Å². The number of amides is 3. The zero-order valence-electron chi connectivity index (χ0n) is 20.5. The van der Waals surface area contributed by atoms with Crippen LogP contribution in [0, 0.1) is 6.92 Å². The van der Waals surface area contributed by atoms with Crippen LogP contribution >= 0.6 is 0 Å². The number of anilines is 1. The van der Waals surface area contributed by atoms with Crippen LogP contribution in [0.2, 0.25) is 0 Å². The van der Waals surface area contributed by atoms with E-state index in [2.05, 4.69) is 10.6 Å². The molecule has 1 aromatic carbocycles. The molecule has 0 radical (unpaired) electrons. The maximum absolute atomic E-state index is 13.8. The van der Waals surface area contributed by atoms with Gasteiger partial charge in [0.2, 0.25) is 5.91 Å². The van der Waals surface area contributed by atoms with E-state index in [1.807, 2.05) is 0 Å². The monoisotopic (exact) mass is 493 g/mol. The summed E-state index contributed by atoms with van der Waals surface area (Å²) in [6.45, 7) is 1.41. The zero-order chi connectivity index (χ0) is 25.5. The van der Waals surface area contributed by atoms with Gasteiger partial charge < -0.3 is 24.2 Å². The lowest BCUT2D eigenvalue weighted by Crippen LogP contribution is -2.49. The van der Waals surface area contributed by atoms with Gasteiger partial charge in [-0.3, -0.25) is 19.3 Å². The Hall–Kier alpha value is -4.01. The first kappa shape index (κ1) is 25.1. The Kier molecular flexibility index (Phi) is 8.10. The number of methoxy groups -OCH3 is 1. The Morgan fingerprint density at radius 1 is 1.06 bits per heavy atom. The Morgan fingerprint density at radius 2 is 1.83 bits per heavy atom. The summed E-state index contributed by atoms with van der Waals surface area (Å²) in [4.78, 5) is 41.2. The number of nitrogens with zero attached hydrogens (tertiary/aromatic N) is 1. The van der Waals surface area contributed by atoms with Gasteiger partial charge in [-0.05, 0) is 56.2 Å². The zero-order valence-corrected chi connectivity index (χ0v) is 20.5. The molecule has 2 N–H and O–H groups in total. The molecule has 0 saturated heterocycles. The van der Waals surface area contributed by atoms with E-state index >= 15 is 0 Å². The fourth-order valence-electron chi connectivity index (χ4n) is 4.48. The molecule has 4 rings (SSSR count). The number of benzene rings is 1. The molecule has 2 aromatic heterocycles. The molecular weight excluding hydrogens is 462 g/mol. The second kappa shape index (κ2) is 11.6. The number of hydrogen-bond acceptors (Lipinski definition) is 6. The van der Waals surface area contributed by atoms with Gasteiger partial charge in [-0.1, -0.05) is 31.4 Å². The molecule has 2 heterocycles. The number of furan rings is 2. The van der Waals surface area contributed by atoms with Gasteiger partial charge in [0.15, 0.2) is 11.8 Å². The Labute approximate surface area is 209 Å². The summed E-state index contributed by atoms with van der Waals surface area (Å²) < 4.78 is 16.5. The highest BCUT2D eigenvalue weighted by Gasteiger charge is 2.37. The first-order valence-corrected chi connectivity index (χ1v) is 12.1. The Bertz CT molecular complexity index is 1180. The molecule has 1 atom stereocenters. The fourth-order valence-corrected chi connectivity index (χ4v) is 4.48. The van der Waals surface area contributed by atoms with Gasteiger partial charge in [-0.2, -0.15) is 0 Å².